The summed E-state index contributed by atoms with van der Waals surface area (Å²) in [5.41, 5.74) is 6.31. The van der Waals surface area contributed by atoms with Gasteiger partial charge in [-0.15, -0.1) is 0 Å². The molecule has 0 bridgehead atoms. The summed E-state index contributed by atoms with van der Waals surface area (Å²) in [6, 6.07) is 0. The van der Waals surface area contributed by atoms with Crippen molar-refractivity contribution in [1.82, 2.24) is 10.6 Å². The summed E-state index contributed by atoms with van der Waals surface area (Å²) in [6.45, 7) is 9.66. The molecule has 0 aromatic heterocycles. The Morgan fingerprint density at radius 1 is 1.38 bits per heavy atom. The molecule has 4 N–H and O–H groups in total. The Kier molecular flexibility index (Phi) is 8.30. The summed E-state index contributed by atoms with van der Waals surface area (Å²) >= 11 is 0. The van der Waals surface area contributed by atoms with Gasteiger partial charge in [-0.1, -0.05) is 19.2 Å². The molecule has 0 fully saturated rings. The summed E-state index contributed by atoms with van der Waals surface area (Å²) in [4.78, 5) is 0. The van der Waals surface area contributed by atoms with Crippen LogP contribution in [0.25, 0.3) is 0 Å². The number of hydrogen-bond donors (Lipinski definition) is 3. The summed E-state index contributed by atoms with van der Waals surface area (Å²) in [5, 5.41) is 6.34. The number of nitrogens with two attached hydrogens (primary N) is 1. The number of allylic oxidation sites excluding steroid dienone is 3. The third-order valence-corrected chi connectivity index (χ3v) is 1.49. The highest BCUT2D eigenvalue weighted by atomic mass is 15.1. The van der Waals surface area contributed by atoms with E-state index in [1.807, 2.05) is 6.08 Å². The van der Waals surface area contributed by atoms with E-state index in [1.165, 1.54) is 0 Å². The van der Waals surface area contributed by atoms with E-state index >= 15 is 0 Å². The Morgan fingerprint density at radius 3 is 2.69 bits per heavy atom. The fourth-order valence-electron chi connectivity index (χ4n) is 0.806. The van der Waals surface area contributed by atoms with Gasteiger partial charge in [0, 0.05) is 5.70 Å². The highest BCUT2D eigenvalue weighted by molar-refractivity contribution is 5.18. The third-order valence-electron chi connectivity index (χ3n) is 1.49. The molecule has 0 rings (SSSR count). The number of nitrogens with one attached hydrogen (secondary N) is 2. The average Bonchev–Trinajstić information content (AvgIpc) is 2.16. The van der Waals surface area contributed by atoms with Crippen LogP contribution in [-0.4, -0.2) is 19.8 Å². The Hall–Kier alpha value is -1.06. The lowest BCUT2D eigenvalue weighted by atomic mass is 10.4. The summed E-state index contributed by atoms with van der Waals surface area (Å²) in [7, 11) is 0. The van der Waals surface area contributed by atoms with E-state index in [0.29, 0.717) is 0 Å². The predicted octanol–water partition coefficient (Wildman–Crippen LogP) is 0.728. The Bertz CT molecular complexity index is 173. The molecule has 0 aromatic rings. The van der Waals surface area contributed by atoms with Crippen LogP contribution in [0.4, 0.5) is 0 Å². The molecule has 74 valence electrons. The smallest absolute Gasteiger partial charge is 0.0653 e. The Labute approximate surface area is 80.4 Å². The molecule has 0 amide bonds. The second-order valence-electron chi connectivity index (χ2n) is 2.56. The molecule has 0 saturated carbocycles. The first-order valence-electron chi connectivity index (χ1n) is 4.45. The number of rotatable bonds is 8. The first kappa shape index (κ1) is 11.9. The average molecular weight is 181 g/mol. The van der Waals surface area contributed by atoms with E-state index in [4.69, 9.17) is 5.73 Å². The van der Waals surface area contributed by atoms with E-state index in [-0.39, 0.29) is 0 Å². The van der Waals surface area contributed by atoms with Gasteiger partial charge in [0.1, 0.15) is 0 Å². The van der Waals surface area contributed by atoms with Crippen molar-refractivity contribution < 1.29 is 0 Å². The maximum atomic E-state index is 5.34. The van der Waals surface area contributed by atoms with Gasteiger partial charge in [-0.2, -0.15) is 0 Å². The lowest BCUT2D eigenvalue weighted by Gasteiger charge is -2.07. The van der Waals surface area contributed by atoms with Crippen molar-refractivity contribution in [2.75, 3.05) is 19.8 Å². The van der Waals surface area contributed by atoms with E-state index in [0.717, 1.165) is 31.9 Å². The van der Waals surface area contributed by atoms with Gasteiger partial charge in [-0.25, -0.2) is 0 Å². The van der Waals surface area contributed by atoms with Gasteiger partial charge in [-0.05, 0) is 31.7 Å². The van der Waals surface area contributed by atoms with Crippen LogP contribution in [0.5, 0.6) is 0 Å². The summed E-state index contributed by atoms with van der Waals surface area (Å²) in [5.74, 6) is 0. The predicted molar refractivity (Wildman–Crippen MR) is 58.2 cm³/mol. The molecule has 3 heteroatoms. The van der Waals surface area contributed by atoms with Crippen molar-refractivity contribution in [3.05, 3.63) is 37.1 Å². The quantitative estimate of drug-likeness (QED) is 0.294. The standard InChI is InChI=1S/C10H19N3/c1-3-6-10(4-2)13-9-12-8-5-7-11/h3-4,6,12-13H,1-2,5,7-9,11H2/b10-6+. The van der Waals surface area contributed by atoms with Crippen LogP contribution in [0.3, 0.4) is 0 Å². The van der Waals surface area contributed by atoms with Crippen LogP contribution in [0, 0.1) is 0 Å². The molecule has 0 aliphatic carbocycles. The maximum absolute atomic E-state index is 5.34. The highest BCUT2D eigenvalue weighted by Crippen LogP contribution is 1.88. The van der Waals surface area contributed by atoms with Crippen molar-refractivity contribution in [2.45, 2.75) is 6.42 Å². The maximum Gasteiger partial charge on any atom is 0.0653 e. The fraction of sp³-hybridized carbons (Fsp3) is 0.400. The van der Waals surface area contributed by atoms with Gasteiger partial charge in [0.15, 0.2) is 0 Å². The topological polar surface area (TPSA) is 50.1 Å². The third kappa shape index (κ3) is 7.31. The van der Waals surface area contributed by atoms with Crippen molar-refractivity contribution >= 4 is 0 Å². The number of hydrogen-bond acceptors (Lipinski definition) is 3. The van der Waals surface area contributed by atoms with Gasteiger partial charge in [-0.3, -0.25) is 0 Å². The van der Waals surface area contributed by atoms with E-state index in [2.05, 4.69) is 23.8 Å². The lowest BCUT2D eigenvalue weighted by Crippen LogP contribution is -2.29. The van der Waals surface area contributed by atoms with Crippen LogP contribution >= 0.6 is 0 Å². The zero-order valence-electron chi connectivity index (χ0n) is 8.05. The van der Waals surface area contributed by atoms with Crippen LogP contribution in [0.2, 0.25) is 0 Å². The highest BCUT2D eigenvalue weighted by Gasteiger charge is 1.87. The van der Waals surface area contributed by atoms with Crippen molar-refractivity contribution in [1.29, 1.82) is 0 Å². The van der Waals surface area contributed by atoms with Crippen molar-refractivity contribution in [3.63, 3.8) is 0 Å². The molecule has 0 aromatic carbocycles. The molecule has 13 heavy (non-hydrogen) atoms. The zero-order chi connectivity index (χ0) is 9.94. The minimum atomic E-state index is 0.726. The summed E-state index contributed by atoms with van der Waals surface area (Å²) < 4.78 is 0. The molecule has 0 spiro atoms. The van der Waals surface area contributed by atoms with E-state index in [1.54, 1.807) is 12.2 Å². The minimum absolute atomic E-state index is 0.726. The van der Waals surface area contributed by atoms with Crippen molar-refractivity contribution in [2.24, 2.45) is 5.73 Å². The van der Waals surface area contributed by atoms with Gasteiger partial charge in [0.2, 0.25) is 0 Å². The van der Waals surface area contributed by atoms with Crippen LogP contribution in [0.1, 0.15) is 6.42 Å². The first-order chi connectivity index (χ1) is 6.35. The molecule has 0 saturated heterocycles. The van der Waals surface area contributed by atoms with Gasteiger partial charge in [0.25, 0.3) is 0 Å². The minimum Gasteiger partial charge on any atom is -0.372 e. The van der Waals surface area contributed by atoms with Crippen LogP contribution in [-0.2, 0) is 0 Å². The fourth-order valence-corrected chi connectivity index (χ4v) is 0.806. The first-order valence-corrected chi connectivity index (χ1v) is 4.45. The molecule has 0 aliphatic heterocycles. The zero-order valence-corrected chi connectivity index (χ0v) is 8.05. The van der Waals surface area contributed by atoms with Crippen LogP contribution in [0.15, 0.2) is 37.1 Å². The molecule has 0 heterocycles. The van der Waals surface area contributed by atoms with Gasteiger partial charge in [0.05, 0.1) is 6.67 Å². The monoisotopic (exact) mass is 181 g/mol. The normalized spacial score (nSPS) is 11.0. The Morgan fingerprint density at radius 2 is 2.15 bits per heavy atom. The lowest BCUT2D eigenvalue weighted by molar-refractivity contribution is 0.618. The second-order valence-corrected chi connectivity index (χ2v) is 2.56. The second kappa shape index (κ2) is 9.03. The Balaban J connectivity index is 3.44. The molecule has 0 atom stereocenters. The van der Waals surface area contributed by atoms with Crippen LogP contribution < -0.4 is 16.4 Å². The SMILES string of the molecule is C=C/C=C(\C=C)NCNCCCN. The van der Waals surface area contributed by atoms with E-state index < -0.39 is 0 Å². The molecule has 0 radical (unpaired) electrons. The molecular weight excluding hydrogens is 162 g/mol. The molecular formula is C10H19N3. The largest absolute Gasteiger partial charge is 0.372 e. The molecule has 0 aliphatic rings. The van der Waals surface area contributed by atoms with Crippen molar-refractivity contribution in [3.8, 4) is 0 Å². The molecule has 0 unspecified atom stereocenters. The van der Waals surface area contributed by atoms with E-state index in [9.17, 15) is 0 Å². The summed E-state index contributed by atoms with van der Waals surface area (Å²) in [6.07, 6.45) is 6.35. The van der Waals surface area contributed by atoms with Gasteiger partial charge >= 0.3 is 0 Å². The van der Waals surface area contributed by atoms with Gasteiger partial charge < -0.3 is 16.4 Å². The molecule has 3 nitrogen and oxygen atoms in total.